The Labute approximate surface area is 250 Å². The highest BCUT2D eigenvalue weighted by atomic mass is 31.2. The third kappa shape index (κ3) is 5.85. The molecule has 0 amide bonds. The summed E-state index contributed by atoms with van der Waals surface area (Å²) in [4.78, 5) is 54.7. The number of aliphatic hydroxyl groups excluding tert-OH is 2. The molecule has 4 aromatic rings. The van der Waals surface area contributed by atoms with Crippen molar-refractivity contribution in [3.8, 4) is 0 Å². The molecule has 0 spiro atoms. The zero-order valence-corrected chi connectivity index (χ0v) is 24.5. The molecule has 23 nitrogen and oxygen atoms in total. The molecule has 11 N–H and O–H groups in total. The second-order valence-corrected chi connectivity index (χ2v) is 12.1. The Morgan fingerprint density at radius 2 is 1.73 bits per heavy atom. The maximum Gasteiger partial charge on any atom is 0.472 e. The van der Waals surface area contributed by atoms with Gasteiger partial charge in [-0.3, -0.25) is 32.5 Å². The first-order chi connectivity index (χ1) is 21.4. The Morgan fingerprint density at radius 1 is 1.04 bits per heavy atom. The normalized spacial score (nSPS) is 30.7. The highest BCUT2D eigenvalue weighted by Crippen LogP contribution is 2.50. The standard InChI is InChI=1S/C20H27N11O12P2/c21-8-6(1-32)40-19(31-5-27-10-16(31)28-20(23)29-17(10)34)13(8)43-45(37,38)39-2-7-12(42-44(35)36)11(33)18(41-7)30-4-26-9-14(22)24-3-25-15(9)30/h3-8,11-13,18-19,32-33,44H,1-2,21H2,(H,35,36)(H,37,38)(H2,22,24,25)(H3,23,28,29,34)/t6-,7-,8-,11-,12-,13-,18-,19-/m1/s1. The molecule has 6 heterocycles. The molecular weight excluding hydrogens is 648 g/mol. The molecular formula is C20H27N11O12P2. The summed E-state index contributed by atoms with van der Waals surface area (Å²) in [5.41, 5.74) is 17.1. The quantitative estimate of drug-likeness (QED) is 0.0770. The molecule has 6 rings (SSSR count). The van der Waals surface area contributed by atoms with E-state index >= 15 is 0 Å². The van der Waals surface area contributed by atoms with Crippen LogP contribution in [0, 0.1) is 0 Å². The number of imidazole rings is 2. The van der Waals surface area contributed by atoms with Gasteiger partial charge in [0.05, 0.1) is 31.9 Å². The Bertz CT molecular complexity index is 1850. The SMILES string of the molecule is Nc1nc2c(ncn2[C@@H]2O[C@H](CO)[C@@H](N)[C@H]2OP(=O)(O)OC[C@H]2O[C@@H](n3cnc4c(N)ncnc43)[C@H](O)[C@@H]2O[PH](=O)O)c(=O)[nH]1. The molecule has 0 aliphatic carbocycles. The van der Waals surface area contributed by atoms with Crippen LogP contribution in [0.2, 0.25) is 0 Å². The maximum atomic E-state index is 13.2. The zero-order chi connectivity index (χ0) is 32.2. The molecule has 25 heteroatoms. The van der Waals surface area contributed by atoms with Gasteiger partial charge >= 0.3 is 16.1 Å². The number of aromatic nitrogens is 8. The van der Waals surface area contributed by atoms with E-state index in [2.05, 4.69) is 29.9 Å². The van der Waals surface area contributed by atoms with Crippen molar-refractivity contribution < 1.29 is 52.2 Å². The number of nitrogens with one attached hydrogen (secondary N) is 1. The summed E-state index contributed by atoms with van der Waals surface area (Å²) in [6.07, 6.45) is -6.24. The molecule has 2 saturated heterocycles. The Kier molecular flexibility index (Phi) is 8.45. The van der Waals surface area contributed by atoms with Gasteiger partial charge in [-0.05, 0) is 0 Å². The highest BCUT2D eigenvalue weighted by molar-refractivity contribution is 7.47. The second-order valence-electron chi connectivity index (χ2n) is 9.92. The van der Waals surface area contributed by atoms with E-state index in [1.54, 1.807) is 0 Å². The number of hydrogen-bond donors (Lipinski definition) is 8. The molecule has 2 aliphatic rings. The van der Waals surface area contributed by atoms with E-state index in [0.717, 1.165) is 12.7 Å². The van der Waals surface area contributed by atoms with Gasteiger partial charge in [-0.15, -0.1) is 0 Å². The summed E-state index contributed by atoms with van der Waals surface area (Å²) in [5, 5.41) is 20.7. The number of phosphoric ester groups is 1. The zero-order valence-electron chi connectivity index (χ0n) is 22.6. The van der Waals surface area contributed by atoms with E-state index in [-0.39, 0.29) is 34.1 Å². The average molecular weight is 675 g/mol. The summed E-state index contributed by atoms with van der Waals surface area (Å²) in [7, 11) is -8.74. The topological polar surface area (TPSA) is 346 Å². The van der Waals surface area contributed by atoms with Crippen molar-refractivity contribution in [1.82, 2.24) is 39.0 Å². The third-order valence-electron chi connectivity index (χ3n) is 7.17. The van der Waals surface area contributed by atoms with Crippen LogP contribution >= 0.6 is 16.1 Å². The van der Waals surface area contributed by atoms with Crippen LogP contribution in [0.1, 0.15) is 12.5 Å². The van der Waals surface area contributed by atoms with Crippen LogP contribution in [0.5, 0.6) is 0 Å². The van der Waals surface area contributed by atoms with Crippen LogP contribution in [0.15, 0.2) is 23.8 Å². The number of aromatic amines is 1. The van der Waals surface area contributed by atoms with Gasteiger partial charge in [0.25, 0.3) is 5.56 Å². The predicted molar refractivity (Wildman–Crippen MR) is 148 cm³/mol. The first-order valence-corrected chi connectivity index (χ1v) is 15.7. The summed E-state index contributed by atoms with van der Waals surface area (Å²) in [6, 6.07) is -1.20. The van der Waals surface area contributed by atoms with Gasteiger partial charge in [-0.2, -0.15) is 4.98 Å². The summed E-state index contributed by atoms with van der Waals surface area (Å²) >= 11 is 0. The number of anilines is 2. The summed E-state index contributed by atoms with van der Waals surface area (Å²) in [6.45, 7) is -1.41. The lowest BCUT2D eigenvalue weighted by atomic mass is 10.1. The van der Waals surface area contributed by atoms with Gasteiger partial charge in [-0.1, -0.05) is 0 Å². The Hall–Kier alpha value is -3.44. The maximum absolute atomic E-state index is 13.2. The molecule has 0 aromatic carbocycles. The van der Waals surface area contributed by atoms with Crippen LogP contribution in [0.3, 0.4) is 0 Å². The number of nitrogens with zero attached hydrogens (tertiary/aromatic N) is 7. The van der Waals surface area contributed by atoms with Crippen molar-refractivity contribution in [2.24, 2.45) is 5.73 Å². The molecule has 2 fully saturated rings. The molecule has 0 radical (unpaired) electrons. The molecule has 244 valence electrons. The molecule has 10 atom stereocenters. The lowest BCUT2D eigenvalue weighted by Crippen LogP contribution is -2.42. The Morgan fingerprint density at radius 3 is 2.44 bits per heavy atom. The van der Waals surface area contributed by atoms with E-state index in [4.69, 9.17) is 40.2 Å². The van der Waals surface area contributed by atoms with Crippen LogP contribution in [-0.2, 0) is 32.2 Å². The first-order valence-electron chi connectivity index (χ1n) is 12.9. The molecule has 4 aromatic heterocycles. The minimum Gasteiger partial charge on any atom is -0.394 e. The number of nitrogens with two attached hydrogens (primary N) is 3. The minimum absolute atomic E-state index is 0.0447. The third-order valence-corrected chi connectivity index (χ3v) is 8.63. The summed E-state index contributed by atoms with van der Waals surface area (Å²) < 4.78 is 54.3. The lowest BCUT2D eigenvalue weighted by molar-refractivity contribution is -0.0608. The average Bonchev–Trinajstić information content (AvgIpc) is 3.73. The summed E-state index contributed by atoms with van der Waals surface area (Å²) in [5.74, 6) is -0.203. The Balaban J connectivity index is 1.22. The van der Waals surface area contributed by atoms with Gasteiger partial charge in [0, 0.05) is 0 Å². The van der Waals surface area contributed by atoms with Crippen LogP contribution in [-0.4, -0.2) is 109 Å². The van der Waals surface area contributed by atoms with Crippen LogP contribution < -0.4 is 22.8 Å². The number of aliphatic hydroxyl groups is 2. The van der Waals surface area contributed by atoms with Gasteiger partial charge in [0.15, 0.2) is 35.1 Å². The van der Waals surface area contributed by atoms with E-state index in [1.807, 2.05) is 0 Å². The fourth-order valence-electron chi connectivity index (χ4n) is 5.14. The highest BCUT2D eigenvalue weighted by Gasteiger charge is 2.50. The number of phosphoric acid groups is 1. The van der Waals surface area contributed by atoms with Gasteiger partial charge in [0.2, 0.25) is 5.95 Å². The molecule has 45 heavy (non-hydrogen) atoms. The minimum atomic E-state index is -5.09. The van der Waals surface area contributed by atoms with Crippen molar-refractivity contribution in [2.45, 2.75) is 49.0 Å². The van der Waals surface area contributed by atoms with Gasteiger partial charge < -0.3 is 51.2 Å². The van der Waals surface area contributed by atoms with Crippen molar-refractivity contribution in [3.63, 3.8) is 0 Å². The first kappa shape index (κ1) is 31.5. The van der Waals surface area contributed by atoms with Gasteiger partial charge in [-0.25, -0.2) is 24.5 Å². The van der Waals surface area contributed by atoms with Crippen molar-refractivity contribution >= 4 is 50.2 Å². The number of rotatable bonds is 10. The number of hydrogen-bond acceptors (Lipinski definition) is 18. The number of nitrogen functional groups attached to an aromatic ring is 2. The van der Waals surface area contributed by atoms with E-state index < -0.39 is 83.9 Å². The molecule has 2 aliphatic heterocycles. The van der Waals surface area contributed by atoms with E-state index in [9.17, 15) is 33.9 Å². The van der Waals surface area contributed by atoms with Crippen LogP contribution in [0.25, 0.3) is 22.3 Å². The molecule has 2 unspecified atom stereocenters. The predicted octanol–water partition coefficient (Wildman–Crippen LogP) is -3.13. The number of H-pyrrole nitrogens is 1. The van der Waals surface area contributed by atoms with Gasteiger partial charge in [0.1, 0.15) is 42.4 Å². The van der Waals surface area contributed by atoms with Crippen molar-refractivity contribution in [2.75, 3.05) is 24.7 Å². The monoisotopic (exact) mass is 675 g/mol. The second kappa shape index (κ2) is 12.1. The fourth-order valence-corrected chi connectivity index (χ4v) is 6.62. The fraction of sp³-hybridized carbons (Fsp3) is 0.500. The smallest absolute Gasteiger partial charge is 0.394 e. The van der Waals surface area contributed by atoms with Crippen LogP contribution in [0.4, 0.5) is 11.8 Å². The molecule has 0 saturated carbocycles. The molecule has 0 bridgehead atoms. The van der Waals surface area contributed by atoms with E-state index in [0.29, 0.717) is 0 Å². The number of fused-ring (bicyclic) bond motifs is 2. The largest absolute Gasteiger partial charge is 0.472 e. The van der Waals surface area contributed by atoms with E-state index in [1.165, 1.54) is 15.5 Å². The van der Waals surface area contributed by atoms with Crippen molar-refractivity contribution in [1.29, 1.82) is 0 Å². The number of ether oxygens (including phenoxy) is 2. The van der Waals surface area contributed by atoms with Crippen molar-refractivity contribution in [3.05, 3.63) is 29.3 Å². The lowest BCUT2D eigenvalue weighted by Gasteiger charge is -2.25.